The molecule has 218 valence electrons. The molecule has 0 aliphatic carbocycles. The van der Waals surface area contributed by atoms with Crippen LogP contribution in [0.5, 0.6) is 0 Å². The average molecular weight is 722 g/mol. The number of carbonyl (C=O) groups excluding carboxylic acids is 2. The highest BCUT2D eigenvalue weighted by Gasteiger charge is 2.29. The number of hydrogen-bond acceptors (Lipinski definition) is 8. The Bertz CT molecular complexity index is 1670. The Hall–Kier alpha value is -4.11. The Balaban J connectivity index is 0.000000296. The third-order valence-electron chi connectivity index (χ3n) is 6.26. The molecule has 0 radical (unpaired) electrons. The van der Waals surface area contributed by atoms with Gasteiger partial charge in [-0.25, -0.2) is 9.59 Å². The van der Waals surface area contributed by atoms with Crippen LogP contribution in [0.2, 0.25) is 0 Å². The van der Waals surface area contributed by atoms with E-state index >= 15 is 0 Å². The number of aromatic nitrogens is 2. The molecular weight excluding hydrogens is 695 g/mol. The number of benzene rings is 3. The van der Waals surface area contributed by atoms with E-state index < -0.39 is 19.0 Å². The summed E-state index contributed by atoms with van der Waals surface area (Å²) in [5.74, 6) is -0.957. The summed E-state index contributed by atoms with van der Waals surface area (Å²) in [6.07, 6.45) is 6.04. The SMILES string of the molecule is COC(=O)c1cncc(Br)c1N.COC(=O)c1cncc(Br)c1N=P(c1ccccc1)(c1ccccc1)c1ccccc1. The first kappa shape index (κ1) is 31.8. The summed E-state index contributed by atoms with van der Waals surface area (Å²) in [6.45, 7) is 0. The van der Waals surface area contributed by atoms with Gasteiger partial charge in [0.2, 0.25) is 0 Å². The molecule has 0 aliphatic rings. The van der Waals surface area contributed by atoms with Crippen molar-refractivity contribution in [1.82, 2.24) is 9.97 Å². The van der Waals surface area contributed by atoms with E-state index in [0.29, 0.717) is 25.9 Å². The average Bonchev–Trinajstić information content (AvgIpc) is 3.06. The highest BCUT2D eigenvalue weighted by molar-refractivity contribution is 9.11. The van der Waals surface area contributed by atoms with Gasteiger partial charge in [-0.15, -0.1) is 0 Å². The minimum absolute atomic E-state index is 0.270. The lowest BCUT2D eigenvalue weighted by molar-refractivity contribution is 0.0592. The van der Waals surface area contributed by atoms with Crippen LogP contribution in [-0.4, -0.2) is 36.1 Å². The first-order valence-electron chi connectivity index (χ1n) is 12.8. The zero-order valence-electron chi connectivity index (χ0n) is 23.2. The second-order valence-corrected chi connectivity index (χ2v) is 13.6. The van der Waals surface area contributed by atoms with Gasteiger partial charge in [-0.1, -0.05) is 91.0 Å². The largest absolute Gasteiger partial charge is 0.465 e. The fourth-order valence-electron chi connectivity index (χ4n) is 4.21. The van der Waals surface area contributed by atoms with Gasteiger partial charge in [0.05, 0.1) is 41.6 Å². The van der Waals surface area contributed by atoms with Crippen LogP contribution in [0.1, 0.15) is 20.7 Å². The normalized spacial score (nSPS) is 10.6. The number of anilines is 1. The van der Waals surface area contributed by atoms with Gasteiger partial charge in [-0.3, -0.25) is 14.7 Å². The highest BCUT2D eigenvalue weighted by Crippen LogP contribution is 2.51. The molecule has 5 aromatic rings. The van der Waals surface area contributed by atoms with Crippen molar-refractivity contribution in [3.05, 3.63) is 136 Å². The smallest absolute Gasteiger partial charge is 0.341 e. The second kappa shape index (κ2) is 14.9. The maximum atomic E-state index is 12.6. The number of ether oxygens (including phenoxy) is 2. The molecule has 11 heteroatoms. The number of nitrogen functional groups attached to an aromatic ring is 1. The Morgan fingerprint density at radius 3 is 1.49 bits per heavy atom. The zero-order valence-corrected chi connectivity index (χ0v) is 27.3. The standard InChI is InChI=1S/C25H20BrN2O2P.C7H7BrN2O2/c1-30-25(29)22-17-27-18-23(26)24(22)28-31(19-11-5-2-6-12-19,20-13-7-3-8-14-20)21-15-9-4-10-16-21;1-12-7(11)4-2-10-3-5(8)6(4)9/h2-18H,1H3;2-3H,1H3,(H2,9,10). The molecule has 8 nitrogen and oxygen atoms in total. The van der Waals surface area contributed by atoms with Crippen LogP contribution >= 0.6 is 38.9 Å². The lowest BCUT2D eigenvalue weighted by Crippen LogP contribution is -2.25. The third kappa shape index (κ3) is 7.10. The van der Waals surface area contributed by atoms with Crippen LogP contribution in [0, 0.1) is 0 Å². The molecule has 0 saturated carbocycles. The summed E-state index contributed by atoms with van der Waals surface area (Å²) in [4.78, 5) is 31.5. The number of rotatable bonds is 6. The van der Waals surface area contributed by atoms with Crippen molar-refractivity contribution in [3.8, 4) is 0 Å². The van der Waals surface area contributed by atoms with Crippen molar-refractivity contribution in [3.63, 3.8) is 0 Å². The molecule has 43 heavy (non-hydrogen) atoms. The molecule has 2 N–H and O–H groups in total. The molecule has 0 aliphatic heterocycles. The number of pyridine rings is 2. The predicted octanol–water partition coefficient (Wildman–Crippen LogP) is 6.65. The third-order valence-corrected chi connectivity index (χ3v) is 11.1. The van der Waals surface area contributed by atoms with Crippen molar-refractivity contribution in [2.75, 3.05) is 20.0 Å². The minimum Gasteiger partial charge on any atom is -0.465 e. The lowest BCUT2D eigenvalue weighted by atomic mass is 10.2. The van der Waals surface area contributed by atoms with Crippen molar-refractivity contribution < 1.29 is 19.1 Å². The van der Waals surface area contributed by atoms with E-state index in [1.54, 1.807) is 6.20 Å². The Morgan fingerprint density at radius 2 is 1.05 bits per heavy atom. The van der Waals surface area contributed by atoms with Crippen LogP contribution in [0.4, 0.5) is 11.4 Å². The first-order valence-corrected chi connectivity index (χ1v) is 16.1. The fraction of sp³-hybridized carbons (Fsp3) is 0.0625. The maximum absolute atomic E-state index is 12.6. The molecule has 0 unspecified atom stereocenters. The number of methoxy groups -OCH3 is 2. The van der Waals surface area contributed by atoms with Gasteiger partial charge in [0.25, 0.3) is 0 Å². The highest BCUT2D eigenvalue weighted by atomic mass is 79.9. The van der Waals surface area contributed by atoms with Gasteiger partial charge in [-0.05, 0) is 31.9 Å². The Labute approximate surface area is 266 Å². The van der Waals surface area contributed by atoms with Gasteiger partial charge in [-0.2, -0.15) is 0 Å². The second-order valence-electron chi connectivity index (χ2n) is 8.83. The molecule has 0 amide bonds. The minimum atomic E-state index is -2.52. The van der Waals surface area contributed by atoms with Crippen LogP contribution in [0.25, 0.3) is 0 Å². The number of hydrogen-bond donors (Lipinski definition) is 1. The van der Waals surface area contributed by atoms with Crippen molar-refractivity contribution >= 4 is 78.1 Å². The Kier molecular flexibility index (Phi) is 11.0. The van der Waals surface area contributed by atoms with Crippen LogP contribution in [-0.2, 0) is 9.47 Å². The van der Waals surface area contributed by atoms with Gasteiger partial charge in [0.15, 0.2) is 0 Å². The van der Waals surface area contributed by atoms with Crippen LogP contribution in [0.3, 0.4) is 0 Å². The predicted molar refractivity (Wildman–Crippen MR) is 178 cm³/mol. The summed E-state index contributed by atoms with van der Waals surface area (Å²) in [5, 5.41) is 3.27. The van der Waals surface area contributed by atoms with E-state index in [-0.39, 0.29) is 5.56 Å². The van der Waals surface area contributed by atoms with E-state index in [9.17, 15) is 9.59 Å². The summed E-state index contributed by atoms with van der Waals surface area (Å²) in [7, 11) is 0.137. The molecule has 3 aromatic carbocycles. The van der Waals surface area contributed by atoms with Gasteiger partial charge < -0.3 is 15.2 Å². The van der Waals surface area contributed by atoms with E-state index in [1.165, 1.54) is 32.8 Å². The topological polar surface area (TPSA) is 117 Å². The number of nitrogens with two attached hydrogens (primary N) is 1. The van der Waals surface area contributed by atoms with Gasteiger partial charge in [0, 0.05) is 40.7 Å². The zero-order chi connectivity index (χ0) is 30.8. The summed E-state index contributed by atoms with van der Waals surface area (Å²) >= 11 is 6.72. The number of esters is 2. The van der Waals surface area contributed by atoms with E-state index in [1.807, 2.05) is 54.6 Å². The summed E-state index contributed by atoms with van der Waals surface area (Å²) in [5.41, 5.74) is 7.04. The van der Waals surface area contributed by atoms with Crippen molar-refractivity contribution in [2.45, 2.75) is 0 Å². The molecule has 0 bridgehead atoms. The number of carbonyl (C=O) groups is 2. The molecule has 0 spiro atoms. The molecule has 0 saturated heterocycles. The number of halogens is 2. The Morgan fingerprint density at radius 1 is 0.651 bits per heavy atom. The molecule has 2 aromatic heterocycles. The summed E-state index contributed by atoms with van der Waals surface area (Å²) in [6, 6.07) is 30.7. The molecule has 0 atom stereocenters. The first-order chi connectivity index (χ1) is 20.8. The van der Waals surface area contributed by atoms with Crippen LogP contribution in [0.15, 0.2) is 129 Å². The lowest BCUT2D eigenvalue weighted by Gasteiger charge is -2.27. The van der Waals surface area contributed by atoms with Crippen LogP contribution < -0.4 is 21.6 Å². The molecule has 5 rings (SSSR count). The van der Waals surface area contributed by atoms with E-state index in [0.717, 1.165) is 15.9 Å². The number of nitrogens with zero attached hydrogens (tertiary/aromatic N) is 3. The molecular formula is C32H27Br2N4O4P. The van der Waals surface area contributed by atoms with E-state index in [2.05, 4.69) is 83.0 Å². The molecule has 0 fully saturated rings. The van der Waals surface area contributed by atoms with Crippen molar-refractivity contribution in [2.24, 2.45) is 4.74 Å². The molecule has 2 heterocycles. The monoisotopic (exact) mass is 720 g/mol. The van der Waals surface area contributed by atoms with Crippen molar-refractivity contribution in [1.29, 1.82) is 0 Å². The maximum Gasteiger partial charge on any atom is 0.341 e. The quantitative estimate of drug-likeness (QED) is 0.154. The fourth-order valence-corrected chi connectivity index (χ4v) is 8.66. The van der Waals surface area contributed by atoms with E-state index in [4.69, 9.17) is 15.2 Å². The van der Waals surface area contributed by atoms with Gasteiger partial charge >= 0.3 is 11.9 Å². The van der Waals surface area contributed by atoms with Gasteiger partial charge in [0.1, 0.15) is 11.1 Å². The summed E-state index contributed by atoms with van der Waals surface area (Å²) < 4.78 is 16.1.